The van der Waals surface area contributed by atoms with Crippen molar-refractivity contribution in [2.75, 3.05) is 58.8 Å². The fourth-order valence-corrected chi connectivity index (χ4v) is 4.43. The number of anilines is 1. The Morgan fingerprint density at radius 3 is 2.68 bits per heavy atom. The number of likely N-dealkylation sites (N-methyl/N-ethyl adjacent to an activating group) is 1. The smallest absolute Gasteiger partial charge is 0.244 e. The third-order valence-corrected chi connectivity index (χ3v) is 6.31. The lowest BCUT2D eigenvalue weighted by molar-refractivity contribution is -0.856. The number of ether oxygens (including phenoxy) is 1. The van der Waals surface area contributed by atoms with Gasteiger partial charge >= 0.3 is 0 Å². The molecule has 0 spiro atoms. The Bertz CT molecular complexity index is 707. The molecule has 0 bridgehead atoms. The fraction of sp³-hybridized carbons (Fsp3) is 0.533. The quantitative estimate of drug-likeness (QED) is 0.567. The zero-order chi connectivity index (χ0) is 18.4. The Morgan fingerprint density at radius 1 is 1.36 bits per heavy atom. The first-order valence-corrected chi connectivity index (χ1v) is 10.2. The van der Waals surface area contributed by atoms with Gasteiger partial charge in [-0.05, 0) is 30.4 Å². The normalized spacial score (nSPS) is 16.0. The summed E-state index contributed by atoms with van der Waals surface area (Å²) < 4.78 is 32.2. The molecular weight excluding hydrogens is 384 g/mol. The molecule has 3 N–H and O–H groups in total. The van der Waals surface area contributed by atoms with E-state index in [-0.39, 0.29) is 9.92 Å². The summed E-state index contributed by atoms with van der Waals surface area (Å²) in [5.74, 6) is 0. The molecule has 1 aliphatic rings. The maximum absolute atomic E-state index is 12.8. The lowest BCUT2D eigenvalue weighted by Crippen LogP contribution is -3.06. The predicted molar refractivity (Wildman–Crippen MR) is 103 cm³/mol. The van der Waals surface area contributed by atoms with Crippen molar-refractivity contribution in [3.63, 3.8) is 0 Å². The van der Waals surface area contributed by atoms with Crippen molar-refractivity contribution >= 4 is 44.6 Å². The highest BCUT2D eigenvalue weighted by atomic mass is 35.5. The van der Waals surface area contributed by atoms with Gasteiger partial charge in [0.15, 0.2) is 5.11 Å². The zero-order valence-electron chi connectivity index (χ0n) is 14.3. The molecule has 0 radical (unpaired) electrons. The maximum Gasteiger partial charge on any atom is 0.244 e. The number of benzene rings is 1. The zero-order valence-corrected chi connectivity index (χ0v) is 16.7. The topological polar surface area (TPSA) is 75.1 Å². The highest BCUT2D eigenvalue weighted by Crippen LogP contribution is 2.28. The van der Waals surface area contributed by atoms with E-state index in [2.05, 4.69) is 24.7 Å². The minimum absolute atomic E-state index is 0.0709. The number of quaternary nitrogens is 1. The van der Waals surface area contributed by atoms with Crippen molar-refractivity contribution in [1.82, 2.24) is 9.62 Å². The number of hydrogen-bond donors (Lipinski definition) is 3. The van der Waals surface area contributed by atoms with Crippen molar-refractivity contribution in [3.8, 4) is 0 Å². The maximum atomic E-state index is 12.8. The molecule has 1 aromatic carbocycles. The van der Waals surface area contributed by atoms with Gasteiger partial charge in [0.25, 0.3) is 0 Å². The highest BCUT2D eigenvalue weighted by Gasteiger charge is 2.28. The number of thiocarbonyl (C=S) groups is 1. The molecule has 1 aromatic rings. The molecule has 1 aliphatic heterocycles. The van der Waals surface area contributed by atoms with Gasteiger partial charge in [-0.1, -0.05) is 11.6 Å². The number of hydrogen-bond acceptors (Lipinski definition) is 4. The Labute approximate surface area is 159 Å². The van der Waals surface area contributed by atoms with E-state index in [9.17, 15) is 8.42 Å². The SMILES string of the molecule is C[NH+](C)CCNC(=S)Nc1ccc(Cl)c(S(=O)(=O)N2CCOCC2)c1. The summed E-state index contributed by atoms with van der Waals surface area (Å²) in [6, 6.07) is 4.77. The van der Waals surface area contributed by atoms with Crippen molar-refractivity contribution in [3.05, 3.63) is 23.2 Å². The van der Waals surface area contributed by atoms with Gasteiger partial charge in [-0.15, -0.1) is 0 Å². The number of rotatable bonds is 6. The first-order chi connectivity index (χ1) is 11.8. The standard InChI is InChI=1S/C15H23ClN4O3S2/c1-19(2)6-5-17-15(24)18-12-3-4-13(16)14(11-12)25(21,22)20-7-9-23-10-8-20/h3-4,11H,5-10H2,1-2H3,(H2,17,18,24)/p+1. The third kappa shape index (κ3) is 5.77. The lowest BCUT2D eigenvalue weighted by Gasteiger charge is -2.26. The van der Waals surface area contributed by atoms with E-state index in [1.165, 1.54) is 15.3 Å². The minimum atomic E-state index is -3.66. The average Bonchev–Trinajstić information content (AvgIpc) is 2.57. The van der Waals surface area contributed by atoms with Gasteiger partial charge in [0.1, 0.15) is 4.90 Å². The van der Waals surface area contributed by atoms with Crippen LogP contribution in [-0.4, -0.2) is 71.3 Å². The molecule has 25 heavy (non-hydrogen) atoms. The van der Waals surface area contributed by atoms with Crippen LogP contribution in [0.25, 0.3) is 0 Å². The molecule has 7 nitrogen and oxygen atoms in total. The van der Waals surface area contributed by atoms with Gasteiger partial charge < -0.3 is 20.3 Å². The van der Waals surface area contributed by atoms with Crippen molar-refractivity contribution in [2.45, 2.75) is 4.90 Å². The molecule has 2 rings (SSSR count). The van der Waals surface area contributed by atoms with Crippen LogP contribution in [0, 0.1) is 0 Å². The Morgan fingerprint density at radius 2 is 2.04 bits per heavy atom. The van der Waals surface area contributed by atoms with Crippen molar-refractivity contribution in [1.29, 1.82) is 0 Å². The molecular formula is C15H24ClN4O3S2+. The predicted octanol–water partition coefficient (Wildman–Crippen LogP) is -0.208. The van der Waals surface area contributed by atoms with Crippen LogP contribution in [0.3, 0.4) is 0 Å². The number of sulfonamides is 1. The van der Waals surface area contributed by atoms with Crippen LogP contribution in [0.15, 0.2) is 23.1 Å². The molecule has 0 atom stereocenters. The second kappa shape index (κ2) is 9.11. The monoisotopic (exact) mass is 407 g/mol. The number of nitrogens with one attached hydrogen (secondary N) is 3. The van der Waals surface area contributed by atoms with Gasteiger partial charge in [0.05, 0.1) is 45.4 Å². The molecule has 0 saturated carbocycles. The summed E-state index contributed by atoms with van der Waals surface area (Å²) in [7, 11) is 0.447. The molecule has 1 saturated heterocycles. The first kappa shape index (κ1) is 20.3. The van der Waals surface area contributed by atoms with Crippen LogP contribution >= 0.6 is 23.8 Å². The average molecular weight is 408 g/mol. The summed E-state index contributed by atoms with van der Waals surface area (Å²) >= 11 is 11.4. The van der Waals surface area contributed by atoms with E-state index in [4.69, 9.17) is 28.6 Å². The lowest BCUT2D eigenvalue weighted by atomic mass is 10.3. The summed E-state index contributed by atoms with van der Waals surface area (Å²) in [4.78, 5) is 1.38. The van der Waals surface area contributed by atoms with E-state index >= 15 is 0 Å². The summed E-state index contributed by atoms with van der Waals surface area (Å²) in [6.45, 7) is 3.05. The Kier molecular flexibility index (Phi) is 7.41. The fourth-order valence-electron chi connectivity index (χ4n) is 2.31. The van der Waals surface area contributed by atoms with Gasteiger partial charge in [0.2, 0.25) is 10.0 Å². The minimum Gasteiger partial charge on any atom is -0.379 e. The molecule has 1 heterocycles. The van der Waals surface area contributed by atoms with Crippen LogP contribution in [-0.2, 0) is 14.8 Å². The number of morpholine rings is 1. The Balaban J connectivity index is 2.10. The van der Waals surface area contributed by atoms with Gasteiger partial charge in [-0.2, -0.15) is 4.31 Å². The van der Waals surface area contributed by atoms with E-state index in [1.54, 1.807) is 12.1 Å². The summed E-state index contributed by atoms with van der Waals surface area (Å²) in [6.07, 6.45) is 0. The number of nitrogens with zero attached hydrogens (tertiary/aromatic N) is 1. The number of halogens is 1. The third-order valence-electron chi connectivity index (χ3n) is 3.69. The molecule has 1 fully saturated rings. The van der Waals surface area contributed by atoms with Crippen LogP contribution in [0.5, 0.6) is 0 Å². The van der Waals surface area contributed by atoms with E-state index in [0.29, 0.717) is 37.1 Å². The Hall–Kier alpha value is -0.970. The van der Waals surface area contributed by atoms with E-state index in [1.807, 2.05) is 0 Å². The first-order valence-electron chi connectivity index (χ1n) is 8.02. The molecule has 0 aromatic heterocycles. The second-order valence-electron chi connectivity index (χ2n) is 6.00. The van der Waals surface area contributed by atoms with Gasteiger partial charge in [-0.25, -0.2) is 8.42 Å². The van der Waals surface area contributed by atoms with Gasteiger partial charge in [0, 0.05) is 18.8 Å². The second-order valence-corrected chi connectivity index (χ2v) is 8.72. The van der Waals surface area contributed by atoms with Crippen molar-refractivity contribution < 1.29 is 18.1 Å². The van der Waals surface area contributed by atoms with Crippen LogP contribution < -0.4 is 15.5 Å². The molecule has 140 valence electrons. The van der Waals surface area contributed by atoms with Crippen LogP contribution in [0.4, 0.5) is 5.69 Å². The summed E-state index contributed by atoms with van der Waals surface area (Å²) in [5, 5.41) is 6.72. The molecule has 0 unspecified atom stereocenters. The largest absolute Gasteiger partial charge is 0.379 e. The van der Waals surface area contributed by atoms with Crippen LogP contribution in [0.1, 0.15) is 0 Å². The van der Waals surface area contributed by atoms with E-state index in [0.717, 1.165) is 13.1 Å². The van der Waals surface area contributed by atoms with Crippen LogP contribution in [0.2, 0.25) is 5.02 Å². The van der Waals surface area contributed by atoms with E-state index < -0.39 is 10.0 Å². The van der Waals surface area contributed by atoms with Crippen molar-refractivity contribution in [2.24, 2.45) is 0 Å². The molecule has 10 heteroatoms. The molecule has 0 amide bonds. The van der Waals surface area contributed by atoms with Gasteiger partial charge in [-0.3, -0.25) is 0 Å². The summed E-state index contributed by atoms with van der Waals surface area (Å²) in [5.41, 5.74) is 0.575. The highest BCUT2D eigenvalue weighted by molar-refractivity contribution is 7.89. The molecule has 0 aliphatic carbocycles.